The molecule has 1 amide bonds. The molecule has 5 rings (SSSR count). The van der Waals surface area contributed by atoms with Crippen LogP contribution in [0, 0.1) is 0 Å². The van der Waals surface area contributed by atoms with E-state index in [0.29, 0.717) is 5.57 Å². The molecule has 1 atom stereocenters. The Morgan fingerprint density at radius 2 is 2.35 bits per heavy atom. The molecule has 1 N–H and O–H groups in total. The SMILES string of the molecule is O=C(O)OC1=CS[C@@H]2/C(=C\c3cc4c(s3)-c3cccnc3SC4)C(=O)N12. The number of amides is 1. The zero-order chi connectivity index (χ0) is 17.8. The minimum absolute atomic E-state index is 0.0801. The van der Waals surface area contributed by atoms with Crippen LogP contribution in [0.5, 0.6) is 0 Å². The second-order valence-electron chi connectivity index (χ2n) is 5.74. The van der Waals surface area contributed by atoms with Crippen molar-refractivity contribution in [1.29, 1.82) is 0 Å². The van der Waals surface area contributed by atoms with Gasteiger partial charge >= 0.3 is 6.16 Å². The van der Waals surface area contributed by atoms with Crippen molar-refractivity contribution in [2.75, 3.05) is 0 Å². The van der Waals surface area contributed by atoms with Crippen LogP contribution in [0.3, 0.4) is 0 Å². The highest BCUT2D eigenvalue weighted by Gasteiger charge is 2.49. The number of carbonyl (C=O) groups is 2. The third-order valence-electron chi connectivity index (χ3n) is 4.20. The third kappa shape index (κ3) is 2.38. The van der Waals surface area contributed by atoms with Gasteiger partial charge in [-0.15, -0.1) is 23.1 Å². The summed E-state index contributed by atoms with van der Waals surface area (Å²) in [6.45, 7) is 0. The Labute approximate surface area is 160 Å². The summed E-state index contributed by atoms with van der Waals surface area (Å²) < 4.78 is 4.65. The standard InChI is InChI=1S/C17H10N2O4S3/c20-15-11(16-19(15)12(7-25-16)23-17(21)22)5-9-4-8-6-24-14-10(13(8)26-9)2-1-3-18-14/h1-5,7,16H,6H2,(H,21,22)/b11-5-/t16-/m1/s1. The number of aromatic nitrogens is 1. The van der Waals surface area contributed by atoms with Crippen molar-refractivity contribution in [3.8, 4) is 10.4 Å². The fourth-order valence-corrected chi connectivity index (χ4v) is 6.42. The van der Waals surface area contributed by atoms with Crippen molar-refractivity contribution in [1.82, 2.24) is 9.88 Å². The van der Waals surface area contributed by atoms with Gasteiger partial charge in [-0.2, -0.15) is 0 Å². The molecule has 0 radical (unpaired) electrons. The number of β-lactam (4-membered cyclic amide) rings is 1. The molecule has 1 fully saturated rings. The van der Waals surface area contributed by atoms with E-state index in [1.807, 2.05) is 12.1 Å². The predicted octanol–water partition coefficient (Wildman–Crippen LogP) is 4.21. The average Bonchev–Trinajstić information content (AvgIpc) is 3.20. The van der Waals surface area contributed by atoms with Crippen LogP contribution in [-0.2, 0) is 15.3 Å². The first-order chi connectivity index (χ1) is 12.6. The zero-order valence-electron chi connectivity index (χ0n) is 13.0. The second-order valence-corrected chi connectivity index (χ2v) is 8.74. The molecule has 2 aromatic rings. The van der Waals surface area contributed by atoms with E-state index in [0.717, 1.165) is 21.2 Å². The number of rotatable bonds is 2. The molecule has 3 aliphatic rings. The molecule has 6 nitrogen and oxygen atoms in total. The summed E-state index contributed by atoms with van der Waals surface area (Å²) in [5, 5.41) is 11.1. The number of thiophene rings is 1. The molecule has 0 aromatic carbocycles. The molecule has 9 heteroatoms. The van der Waals surface area contributed by atoms with Crippen LogP contribution in [0.2, 0.25) is 0 Å². The largest absolute Gasteiger partial charge is 0.512 e. The molecule has 0 unspecified atom stereocenters. The molecule has 0 aliphatic carbocycles. The number of carboxylic acid groups (broad SMARTS) is 1. The first-order valence-corrected chi connectivity index (χ1v) is 10.4. The summed E-state index contributed by atoms with van der Waals surface area (Å²) in [7, 11) is 0. The van der Waals surface area contributed by atoms with Gasteiger partial charge in [-0.05, 0) is 29.8 Å². The van der Waals surface area contributed by atoms with Crippen molar-refractivity contribution in [3.05, 3.63) is 51.7 Å². The van der Waals surface area contributed by atoms with Gasteiger partial charge in [-0.3, -0.25) is 9.69 Å². The van der Waals surface area contributed by atoms with Crippen molar-refractivity contribution in [2.24, 2.45) is 0 Å². The number of fused-ring (bicyclic) bond motifs is 4. The quantitative estimate of drug-likeness (QED) is 0.458. The normalized spacial score (nSPS) is 21.6. The highest BCUT2D eigenvalue weighted by Crippen LogP contribution is 2.48. The van der Waals surface area contributed by atoms with Gasteiger partial charge in [0.2, 0.25) is 5.88 Å². The van der Waals surface area contributed by atoms with Crippen molar-refractivity contribution in [3.63, 3.8) is 0 Å². The van der Waals surface area contributed by atoms with Crippen LogP contribution in [-0.4, -0.2) is 32.4 Å². The van der Waals surface area contributed by atoms with Crippen molar-refractivity contribution < 1.29 is 19.4 Å². The monoisotopic (exact) mass is 402 g/mol. The summed E-state index contributed by atoms with van der Waals surface area (Å²) in [4.78, 5) is 31.1. The topological polar surface area (TPSA) is 79.7 Å². The Balaban J connectivity index is 1.43. The summed E-state index contributed by atoms with van der Waals surface area (Å²) in [5.41, 5.74) is 3.06. The molecule has 0 bridgehead atoms. The van der Waals surface area contributed by atoms with Gasteiger partial charge in [-0.1, -0.05) is 11.8 Å². The lowest BCUT2D eigenvalue weighted by Crippen LogP contribution is -2.50. The minimum Gasteiger partial charge on any atom is -0.449 e. The lowest BCUT2D eigenvalue weighted by atomic mass is 10.1. The third-order valence-corrected chi connectivity index (χ3v) is 7.47. The van der Waals surface area contributed by atoms with E-state index in [-0.39, 0.29) is 17.2 Å². The van der Waals surface area contributed by atoms with Crippen LogP contribution in [0.25, 0.3) is 16.5 Å². The molecule has 3 aliphatic heterocycles. The van der Waals surface area contributed by atoms with E-state index in [9.17, 15) is 9.59 Å². The maximum Gasteiger partial charge on any atom is 0.512 e. The first kappa shape index (κ1) is 16.0. The molecule has 1 saturated heterocycles. The fourth-order valence-electron chi connectivity index (χ4n) is 3.08. The number of nitrogens with zero attached hydrogens (tertiary/aromatic N) is 2. The molecular weight excluding hydrogens is 392 g/mol. The van der Waals surface area contributed by atoms with E-state index in [1.54, 1.807) is 34.7 Å². The number of pyridine rings is 1. The van der Waals surface area contributed by atoms with Gasteiger partial charge in [0, 0.05) is 32.7 Å². The maximum atomic E-state index is 12.4. The smallest absolute Gasteiger partial charge is 0.449 e. The molecule has 130 valence electrons. The summed E-state index contributed by atoms with van der Waals surface area (Å²) >= 11 is 4.75. The summed E-state index contributed by atoms with van der Waals surface area (Å²) in [6, 6.07) is 6.13. The zero-order valence-corrected chi connectivity index (χ0v) is 15.5. The number of ether oxygens (including phenoxy) is 1. The van der Waals surface area contributed by atoms with Crippen LogP contribution in [0.15, 0.2) is 46.3 Å². The molecule has 0 saturated carbocycles. The average molecular weight is 402 g/mol. The predicted molar refractivity (Wildman–Crippen MR) is 101 cm³/mol. The van der Waals surface area contributed by atoms with Crippen molar-refractivity contribution >= 4 is 53.0 Å². The summed E-state index contributed by atoms with van der Waals surface area (Å²) in [6.07, 6.45) is 2.28. The van der Waals surface area contributed by atoms with Gasteiger partial charge in [-0.25, -0.2) is 9.78 Å². The number of hydrogen-bond acceptors (Lipinski definition) is 7. The van der Waals surface area contributed by atoms with Crippen LogP contribution >= 0.6 is 34.9 Å². The van der Waals surface area contributed by atoms with Crippen LogP contribution < -0.4 is 0 Å². The second kappa shape index (κ2) is 5.90. The molecule has 5 heterocycles. The van der Waals surface area contributed by atoms with Crippen LogP contribution in [0.1, 0.15) is 10.4 Å². The maximum absolute atomic E-state index is 12.4. The Hall–Kier alpha value is -2.23. The van der Waals surface area contributed by atoms with Crippen LogP contribution in [0.4, 0.5) is 4.79 Å². The van der Waals surface area contributed by atoms with Gasteiger partial charge in [0.1, 0.15) is 10.4 Å². The van der Waals surface area contributed by atoms with Gasteiger partial charge in [0.05, 0.1) is 5.57 Å². The van der Waals surface area contributed by atoms with E-state index in [2.05, 4.69) is 21.9 Å². The highest BCUT2D eigenvalue weighted by atomic mass is 32.2. The van der Waals surface area contributed by atoms with E-state index >= 15 is 0 Å². The molecular formula is C17H10N2O4S3. The molecule has 26 heavy (non-hydrogen) atoms. The van der Waals surface area contributed by atoms with E-state index in [1.165, 1.54) is 27.1 Å². The number of hydrogen-bond donors (Lipinski definition) is 1. The first-order valence-electron chi connectivity index (χ1n) is 7.64. The summed E-state index contributed by atoms with van der Waals surface area (Å²) in [5.74, 6) is 0.738. The Bertz CT molecular complexity index is 1030. The van der Waals surface area contributed by atoms with Gasteiger partial charge < -0.3 is 9.84 Å². The van der Waals surface area contributed by atoms with E-state index in [4.69, 9.17) is 5.11 Å². The van der Waals surface area contributed by atoms with E-state index < -0.39 is 6.16 Å². The highest BCUT2D eigenvalue weighted by molar-refractivity contribution is 8.03. The lowest BCUT2D eigenvalue weighted by molar-refractivity contribution is -0.133. The minimum atomic E-state index is -1.42. The lowest BCUT2D eigenvalue weighted by Gasteiger charge is -2.36. The Kier molecular flexibility index (Phi) is 3.63. The number of carbonyl (C=O) groups excluding carboxylic acids is 1. The van der Waals surface area contributed by atoms with Gasteiger partial charge in [0.15, 0.2) is 0 Å². The Morgan fingerprint density at radius 3 is 3.19 bits per heavy atom. The molecule has 2 aromatic heterocycles. The number of thioether (sulfide) groups is 2. The van der Waals surface area contributed by atoms with Gasteiger partial charge in [0.25, 0.3) is 5.91 Å². The molecule has 0 spiro atoms. The Morgan fingerprint density at radius 1 is 1.46 bits per heavy atom. The van der Waals surface area contributed by atoms with Crippen molar-refractivity contribution in [2.45, 2.75) is 16.2 Å². The fraction of sp³-hybridized carbons (Fsp3) is 0.118.